The highest BCUT2D eigenvalue weighted by atomic mass is 32.2. The molecule has 646 valence electrons. The summed E-state index contributed by atoms with van der Waals surface area (Å²) in [5, 5.41) is 22.4. The van der Waals surface area contributed by atoms with Crippen LogP contribution in [0.3, 0.4) is 0 Å². The first-order chi connectivity index (χ1) is 56.5. The molecule has 0 radical (unpaired) electrons. The number of fused-ring (bicyclic) bond motifs is 3. The molecule has 7 heterocycles. The number of hydrogen-bond acceptors (Lipinski definition) is 16. The van der Waals surface area contributed by atoms with Crippen molar-refractivity contribution in [2.75, 3.05) is 40.4 Å². The van der Waals surface area contributed by atoms with Gasteiger partial charge < -0.3 is 28.1 Å². The number of aromatic amines is 2. The van der Waals surface area contributed by atoms with Crippen LogP contribution in [0, 0.1) is 34.9 Å². The van der Waals surface area contributed by atoms with Crippen molar-refractivity contribution < 1.29 is 104 Å². The van der Waals surface area contributed by atoms with E-state index < -0.39 is 121 Å². The Hall–Kier alpha value is -10.4. The molecule has 6 unspecified atom stereocenters. The number of carboxylic acids is 1. The molecule has 5 aliphatic rings. The fraction of sp³-hybridized carbons (Fsp3) is 0.386. The van der Waals surface area contributed by atoms with Crippen molar-refractivity contribution in [3.05, 3.63) is 247 Å². The van der Waals surface area contributed by atoms with E-state index in [1.807, 2.05) is 67.4 Å². The van der Waals surface area contributed by atoms with Crippen LogP contribution >= 0.6 is 0 Å². The topological polar surface area (TPSA) is 231 Å². The molecule has 3 N–H and O–H groups in total. The van der Waals surface area contributed by atoms with Crippen LogP contribution in [0.4, 0.5) is 52.7 Å². The third-order valence-corrected chi connectivity index (χ3v) is 22.3. The molecule has 8 aromatic rings. The first kappa shape index (κ1) is 92.8. The summed E-state index contributed by atoms with van der Waals surface area (Å²) in [6, 6.07) is 17.4. The Bertz CT molecular complexity index is 5310. The smallest absolute Gasteiger partial charge is 0.478 e. The lowest BCUT2D eigenvalue weighted by molar-refractivity contribution is -0.135. The molecule has 121 heavy (non-hydrogen) atoms. The predicted molar refractivity (Wildman–Crippen MR) is 436 cm³/mol. The van der Waals surface area contributed by atoms with Crippen molar-refractivity contribution in [2.45, 2.75) is 179 Å². The minimum absolute atomic E-state index is 0.00459. The van der Waals surface area contributed by atoms with Crippen LogP contribution in [-0.4, -0.2) is 172 Å². The van der Waals surface area contributed by atoms with E-state index in [0.717, 1.165) is 125 Å². The second-order valence-corrected chi connectivity index (χ2v) is 34.6. The number of esters is 2. The number of halogens is 12. The molecule has 0 bridgehead atoms. The molecule has 0 spiro atoms. The number of nitrogens with one attached hydrogen (secondary N) is 2. The number of aliphatic carboxylic acids is 1. The van der Waals surface area contributed by atoms with Crippen LogP contribution in [-0.2, 0) is 62.5 Å². The van der Waals surface area contributed by atoms with Gasteiger partial charge in [-0.3, -0.25) is 29.9 Å². The van der Waals surface area contributed by atoms with Crippen LogP contribution in [0.1, 0.15) is 175 Å². The standard InChI is InChI=1S/C27H28F3N3O2.C26H26F3N3O2.C25H25F6NO5S.C10H16BNO2/c1-16-9-19-12-18(20-13-31-32-14-20)6-7-21(19)26(33(16)15-27(2,3)30)25-22(28)10-17(11-23(25)29)5-8-24(34)35-4;1-15-8-18-11-17(19-12-30-31-13-19)5-6-20(18)25(32(15)14-26(2,3)29)24-21(27)9-16(10-22(24)28)4-7-23(33)34;1-14-9-16-12-17(37-38(34,35)25(29,30)31)6-7-18(16)23(32(14)13-24(2,3)28)22-19(26)10-15(11-20(22)27)5-8-21(33)36-4;1-9(2)10(3,4)14-11(13-9)8-5-6-12-7-8/h5-8,10-14,16,26H,9,15H2,1-4H3,(H,31,32);4-7,9-13,15,25H,8,14H2,1-3H3,(H,30,31)(H,33,34);5-8,10-12,14,23H,9,13H2,1-4H3;5,7H,6H2,1-4H3/b8-5+;7-4+;8-5+;. The molecular weight excluding hydrogens is 1620 g/mol. The maximum absolute atomic E-state index is 15.5. The van der Waals surface area contributed by atoms with E-state index in [0.29, 0.717) is 18.4 Å². The number of hydrogen-bond donors (Lipinski definition) is 3. The summed E-state index contributed by atoms with van der Waals surface area (Å²) >= 11 is 0. The zero-order valence-electron chi connectivity index (χ0n) is 69.2. The number of aromatic nitrogens is 4. The summed E-state index contributed by atoms with van der Waals surface area (Å²) in [4.78, 5) is 42.8. The lowest BCUT2D eigenvalue weighted by atomic mass is 9.79. The van der Waals surface area contributed by atoms with E-state index in [4.69, 9.17) is 14.4 Å². The number of carbonyl (C=O) groups is 3. The normalized spacial score (nSPS) is 19.9. The van der Waals surface area contributed by atoms with Gasteiger partial charge in [0.1, 0.15) is 57.7 Å². The Balaban J connectivity index is 0.000000176. The number of allylic oxidation sites excluding steroid dienone is 1. The molecule has 0 saturated carbocycles. The van der Waals surface area contributed by atoms with Gasteiger partial charge in [0.2, 0.25) is 0 Å². The SMILES string of the molecule is CC1(C)OB(C2=CCN=C2)OC1(C)C.CC1Cc2cc(-c3cn[nH]c3)ccc2C(c2c(F)cc(/C=C/C(=O)O)cc2F)N1CC(C)(C)F.COC(=O)/C=C/c1cc(F)c(C2c3ccc(-c4cn[nH]c4)cc3CC(C)N2CC(C)(C)F)c(F)c1.COC(=O)/C=C/c1cc(F)c(C2c3ccc(OS(=O)(=O)C(F)(F)F)cc3CC(C)N2CC(C)(C)F)c(F)c1. The Morgan fingerprint density at radius 3 is 1.17 bits per heavy atom. The first-order valence-corrected chi connectivity index (χ1v) is 40.0. The minimum Gasteiger partial charge on any atom is -0.478 e. The molecule has 1 fully saturated rings. The third kappa shape index (κ3) is 22.6. The zero-order valence-corrected chi connectivity index (χ0v) is 70.1. The zero-order chi connectivity index (χ0) is 89.0. The van der Waals surface area contributed by atoms with Crippen molar-refractivity contribution in [3.63, 3.8) is 0 Å². The van der Waals surface area contributed by atoms with E-state index in [2.05, 4.69) is 66.7 Å². The number of alkyl halides is 6. The monoisotopic (exact) mass is 1710 g/mol. The van der Waals surface area contributed by atoms with Gasteiger partial charge >= 0.3 is 40.7 Å². The molecular formula is C88H95BF12N8O11S. The Morgan fingerprint density at radius 2 is 0.868 bits per heavy atom. The second-order valence-electron chi connectivity index (χ2n) is 33.1. The van der Waals surface area contributed by atoms with Crippen LogP contribution in [0.25, 0.3) is 40.5 Å². The van der Waals surface area contributed by atoms with Gasteiger partial charge in [-0.2, -0.15) is 31.8 Å². The first-order valence-electron chi connectivity index (χ1n) is 38.6. The summed E-state index contributed by atoms with van der Waals surface area (Å²) in [6.45, 7) is 22.6. The van der Waals surface area contributed by atoms with Gasteiger partial charge in [-0.05, 0) is 243 Å². The quantitative estimate of drug-likeness (QED) is 0.0161. The van der Waals surface area contributed by atoms with Crippen molar-refractivity contribution in [1.29, 1.82) is 0 Å². The summed E-state index contributed by atoms with van der Waals surface area (Å²) in [5.74, 6) is -8.39. The molecule has 33 heteroatoms. The molecule has 0 amide bonds. The van der Waals surface area contributed by atoms with Gasteiger partial charge in [0.25, 0.3) is 0 Å². The van der Waals surface area contributed by atoms with Gasteiger partial charge in [-0.15, -0.1) is 0 Å². The number of aliphatic imine (C=N–C) groups is 1. The molecule has 5 aliphatic heterocycles. The summed E-state index contributed by atoms with van der Waals surface area (Å²) in [5.41, 5.74) is -3.06. The molecule has 19 nitrogen and oxygen atoms in total. The highest BCUT2D eigenvalue weighted by molar-refractivity contribution is 7.88. The molecule has 1 saturated heterocycles. The molecule has 2 aromatic heterocycles. The van der Waals surface area contributed by atoms with Crippen LogP contribution in [0.2, 0.25) is 0 Å². The number of nitrogens with zero attached hydrogens (tertiary/aromatic N) is 6. The number of carbonyl (C=O) groups excluding carboxylic acids is 2. The molecule has 6 aromatic carbocycles. The fourth-order valence-corrected chi connectivity index (χ4v) is 15.6. The van der Waals surface area contributed by atoms with Crippen molar-refractivity contribution in [1.82, 2.24) is 35.1 Å². The van der Waals surface area contributed by atoms with E-state index in [9.17, 15) is 49.1 Å². The number of rotatable bonds is 20. The van der Waals surface area contributed by atoms with E-state index in [1.54, 1.807) is 36.6 Å². The average Bonchev–Trinajstić information content (AvgIpc) is 1.60. The Labute approximate surface area is 694 Å². The number of methoxy groups -OCH3 is 2. The number of H-pyrrole nitrogens is 2. The maximum atomic E-state index is 15.5. The average molecular weight is 1710 g/mol. The largest absolute Gasteiger partial charge is 0.534 e. The van der Waals surface area contributed by atoms with Crippen LogP contribution in [0.5, 0.6) is 5.75 Å². The number of ether oxygens (including phenoxy) is 2. The lowest BCUT2D eigenvalue weighted by Gasteiger charge is -2.44. The minimum atomic E-state index is -5.94. The van der Waals surface area contributed by atoms with Gasteiger partial charge in [-0.25, -0.2) is 53.9 Å². The highest BCUT2D eigenvalue weighted by Crippen LogP contribution is 2.48. The lowest BCUT2D eigenvalue weighted by Crippen LogP contribution is -2.48. The Kier molecular flexibility index (Phi) is 28.5. The number of benzene rings is 6. The second kappa shape index (κ2) is 37.1. The summed E-state index contributed by atoms with van der Waals surface area (Å²) in [7, 11) is -3.83. The van der Waals surface area contributed by atoms with Gasteiger partial charge in [0.15, 0.2) is 0 Å². The predicted octanol–water partition coefficient (Wildman–Crippen LogP) is 18.3. The van der Waals surface area contributed by atoms with E-state index in [1.165, 1.54) is 77.8 Å². The maximum Gasteiger partial charge on any atom is 0.534 e. The highest BCUT2D eigenvalue weighted by Gasteiger charge is 2.53. The van der Waals surface area contributed by atoms with Crippen LogP contribution in [0.15, 0.2) is 151 Å². The Morgan fingerprint density at radius 1 is 0.529 bits per heavy atom. The van der Waals surface area contributed by atoms with Crippen LogP contribution < -0.4 is 4.18 Å². The van der Waals surface area contributed by atoms with E-state index >= 15 is 26.3 Å². The molecule has 13 rings (SSSR count). The molecule has 6 atom stereocenters. The number of carboxylic acid groups (broad SMARTS) is 1. The summed E-state index contributed by atoms with van der Waals surface area (Å²) < 4.78 is 223. The van der Waals surface area contributed by atoms with Gasteiger partial charge in [0.05, 0.1) is 62.5 Å². The van der Waals surface area contributed by atoms with Crippen molar-refractivity contribution in [3.8, 4) is 28.0 Å². The van der Waals surface area contributed by atoms with E-state index in [-0.39, 0.29) is 95.4 Å². The van der Waals surface area contributed by atoms with Crippen molar-refractivity contribution in [2.24, 2.45) is 4.99 Å². The third-order valence-electron chi connectivity index (χ3n) is 21.3. The van der Waals surface area contributed by atoms with Gasteiger partial charge in [-0.1, -0.05) is 48.5 Å². The summed E-state index contributed by atoms with van der Waals surface area (Å²) in [6.07, 6.45) is 18.6. The van der Waals surface area contributed by atoms with Crippen molar-refractivity contribution >= 4 is 59.6 Å². The fourth-order valence-electron chi connectivity index (χ4n) is 15.2. The van der Waals surface area contributed by atoms with Gasteiger partial charge in [0, 0.05) is 102 Å². The molecule has 0 aliphatic carbocycles.